The van der Waals surface area contributed by atoms with E-state index in [2.05, 4.69) is 5.32 Å². The van der Waals surface area contributed by atoms with Crippen molar-refractivity contribution in [2.75, 3.05) is 0 Å². The Labute approximate surface area is 130 Å². The summed E-state index contributed by atoms with van der Waals surface area (Å²) in [5.74, 6) is -1.09. The molecule has 0 aromatic heterocycles. The molecule has 0 spiro atoms. The highest BCUT2D eigenvalue weighted by molar-refractivity contribution is 5.84. The summed E-state index contributed by atoms with van der Waals surface area (Å²) in [6.07, 6.45) is 4.67. The van der Waals surface area contributed by atoms with Gasteiger partial charge in [-0.3, -0.25) is 9.59 Å². The molecule has 4 nitrogen and oxygen atoms in total. The average molecular weight is 307 g/mol. The van der Waals surface area contributed by atoms with Crippen LogP contribution in [0.4, 0.5) is 4.39 Å². The van der Waals surface area contributed by atoms with Gasteiger partial charge in [0, 0.05) is 6.04 Å². The van der Waals surface area contributed by atoms with E-state index in [-0.39, 0.29) is 24.2 Å². The predicted molar refractivity (Wildman–Crippen MR) is 80.7 cm³/mol. The van der Waals surface area contributed by atoms with E-state index in [1.165, 1.54) is 30.7 Å². The third-order valence-electron chi connectivity index (χ3n) is 3.89. The maximum Gasteiger partial charge on any atom is 0.311 e. The average Bonchev–Trinajstić information content (AvgIpc) is 2.50. The van der Waals surface area contributed by atoms with E-state index in [0.29, 0.717) is 5.56 Å². The maximum absolute atomic E-state index is 12.8. The molecule has 1 aliphatic carbocycles. The number of carbonyl (C=O) groups is 2. The Kier molecular flexibility index (Phi) is 5.92. The Bertz CT molecular complexity index is 509. The molecule has 0 heterocycles. The van der Waals surface area contributed by atoms with Crippen LogP contribution in [0.5, 0.6) is 0 Å². The topological polar surface area (TPSA) is 55.4 Å². The summed E-state index contributed by atoms with van der Waals surface area (Å²) in [6.45, 7) is 1.57. The molecule has 5 heteroatoms. The molecule has 1 amide bonds. The first kappa shape index (κ1) is 16.5. The van der Waals surface area contributed by atoms with Gasteiger partial charge in [0.25, 0.3) is 5.91 Å². The molecular weight excluding hydrogens is 285 g/mol. The molecule has 1 saturated carbocycles. The standard InChI is InChI=1S/C17H22FNO3/c1-12(17(21)19-15-5-3-2-4-6-15)22-16(20)11-13-7-9-14(18)10-8-13/h7-10,12,15H,2-6,11H2,1H3,(H,19,21)/t12-/m1/s1. The lowest BCUT2D eigenvalue weighted by molar-refractivity contribution is -0.154. The molecule has 22 heavy (non-hydrogen) atoms. The van der Waals surface area contributed by atoms with Crippen molar-refractivity contribution in [3.63, 3.8) is 0 Å². The molecule has 1 aromatic rings. The lowest BCUT2D eigenvalue weighted by Gasteiger charge is -2.24. The fourth-order valence-electron chi connectivity index (χ4n) is 2.63. The predicted octanol–water partition coefficient (Wildman–Crippen LogP) is 2.75. The Morgan fingerprint density at radius 1 is 1.23 bits per heavy atom. The minimum Gasteiger partial charge on any atom is -0.452 e. The molecule has 0 radical (unpaired) electrons. The Hall–Kier alpha value is -1.91. The van der Waals surface area contributed by atoms with Crippen LogP contribution in [0.15, 0.2) is 24.3 Å². The molecule has 1 atom stereocenters. The highest BCUT2D eigenvalue weighted by Crippen LogP contribution is 2.17. The highest BCUT2D eigenvalue weighted by Gasteiger charge is 2.22. The van der Waals surface area contributed by atoms with E-state index in [0.717, 1.165) is 25.7 Å². The van der Waals surface area contributed by atoms with E-state index in [1.54, 1.807) is 6.92 Å². The summed E-state index contributed by atoms with van der Waals surface area (Å²) in [5.41, 5.74) is 0.659. The zero-order valence-corrected chi connectivity index (χ0v) is 12.8. The van der Waals surface area contributed by atoms with E-state index in [1.807, 2.05) is 0 Å². The highest BCUT2D eigenvalue weighted by atomic mass is 19.1. The van der Waals surface area contributed by atoms with Crippen molar-refractivity contribution in [2.45, 2.75) is 57.6 Å². The zero-order valence-electron chi connectivity index (χ0n) is 12.8. The summed E-state index contributed by atoms with van der Waals surface area (Å²) in [4.78, 5) is 23.8. The first-order chi connectivity index (χ1) is 10.5. The van der Waals surface area contributed by atoms with Crippen LogP contribution in [0, 0.1) is 5.82 Å². The van der Waals surface area contributed by atoms with Crippen molar-refractivity contribution in [1.82, 2.24) is 5.32 Å². The first-order valence-corrected chi connectivity index (χ1v) is 7.79. The van der Waals surface area contributed by atoms with Crippen molar-refractivity contribution < 1.29 is 18.7 Å². The van der Waals surface area contributed by atoms with E-state index >= 15 is 0 Å². The number of nitrogens with one attached hydrogen (secondary N) is 1. The van der Waals surface area contributed by atoms with Crippen LogP contribution >= 0.6 is 0 Å². The van der Waals surface area contributed by atoms with Gasteiger partial charge >= 0.3 is 5.97 Å². The molecule has 0 aliphatic heterocycles. The smallest absolute Gasteiger partial charge is 0.311 e. The largest absolute Gasteiger partial charge is 0.452 e. The number of amides is 1. The SMILES string of the molecule is C[C@@H](OC(=O)Cc1ccc(F)cc1)C(=O)NC1CCCCC1. The maximum atomic E-state index is 12.8. The number of hydrogen-bond acceptors (Lipinski definition) is 3. The van der Waals surface area contributed by atoms with Gasteiger partial charge < -0.3 is 10.1 Å². The molecule has 1 aliphatic rings. The molecule has 1 fully saturated rings. The van der Waals surface area contributed by atoms with E-state index < -0.39 is 12.1 Å². The van der Waals surface area contributed by atoms with Crippen molar-refractivity contribution in [2.24, 2.45) is 0 Å². The second kappa shape index (κ2) is 7.92. The number of halogens is 1. The van der Waals surface area contributed by atoms with Gasteiger partial charge in [0.1, 0.15) is 5.82 Å². The number of carbonyl (C=O) groups excluding carboxylic acids is 2. The van der Waals surface area contributed by atoms with Gasteiger partial charge in [-0.1, -0.05) is 31.4 Å². The monoisotopic (exact) mass is 307 g/mol. The van der Waals surface area contributed by atoms with Gasteiger partial charge in [-0.25, -0.2) is 4.39 Å². The molecule has 0 saturated heterocycles. The molecule has 0 bridgehead atoms. The molecule has 0 unspecified atom stereocenters. The third-order valence-corrected chi connectivity index (χ3v) is 3.89. The molecule has 1 aromatic carbocycles. The van der Waals surface area contributed by atoms with E-state index in [9.17, 15) is 14.0 Å². The van der Waals surface area contributed by atoms with Crippen molar-refractivity contribution in [3.05, 3.63) is 35.6 Å². The van der Waals surface area contributed by atoms with Gasteiger partial charge in [0.15, 0.2) is 6.10 Å². The van der Waals surface area contributed by atoms with Gasteiger partial charge in [0.2, 0.25) is 0 Å². The van der Waals surface area contributed by atoms with Gasteiger partial charge in [-0.2, -0.15) is 0 Å². The summed E-state index contributed by atoms with van der Waals surface area (Å²) in [5, 5.41) is 2.93. The van der Waals surface area contributed by atoms with Crippen LogP contribution in [-0.2, 0) is 20.7 Å². The second-order valence-corrected chi connectivity index (χ2v) is 5.78. The zero-order chi connectivity index (χ0) is 15.9. The number of esters is 1. The quantitative estimate of drug-likeness (QED) is 0.851. The Morgan fingerprint density at radius 3 is 2.50 bits per heavy atom. The summed E-state index contributed by atoms with van der Waals surface area (Å²) in [7, 11) is 0. The van der Waals surface area contributed by atoms with E-state index in [4.69, 9.17) is 4.74 Å². The fourth-order valence-corrected chi connectivity index (χ4v) is 2.63. The van der Waals surface area contributed by atoms with Crippen LogP contribution in [0.2, 0.25) is 0 Å². The Balaban J connectivity index is 1.77. The third kappa shape index (κ3) is 5.13. The lowest BCUT2D eigenvalue weighted by atomic mass is 9.95. The van der Waals surface area contributed by atoms with Gasteiger partial charge in [0.05, 0.1) is 6.42 Å². The molecular formula is C17H22FNO3. The van der Waals surface area contributed by atoms with Crippen LogP contribution in [0.3, 0.4) is 0 Å². The number of benzene rings is 1. The van der Waals surface area contributed by atoms with Crippen LogP contribution in [-0.4, -0.2) is 24.0 Å². The van der Waals surface area contributed by atoms with Gasteiger partial charge in [-0.05, 0) is 37.5 Å². The summed E-state index contributed by atoms with van der Waals surface area (Å²) >= 11 is 0. The number of rotatable bonds is 5. The normalized spacial score (nSPS) is 16.8. The second-order valence-electron chi connectivity index (χ2n) is 5.78. The summed E-state index contributed by atoms with van der Waals surface area (Å²) < 4.78 is 17.9. The van der Waals surface area contributed by atoms with Crippen molar-refractivity contribution in [1.29, 1.82) is 0 Å². The lowest BCUT2D eigenvalue weighted by Crippen LogP contribution is -2.42. The van der Waals surface area contributed by atoms with Crippen LogP contribution in [0.25, 0.3) is 0 Å². The van der Waals surface area contributed by atoms with Crippen molar-refractivity contribution >= 4 is 11.9 Å². The number of hydrogen-bond donors (Lipinski definition) is 1. The molecule has 1 N–H and O–H groups in total. The summed E-state index contributed by atoms with van der Waals surface area (Å²) in [6, 6.07) is 5.84. The molecule has 120 valence electrons. The minimum absolute atomic E-state index is 0.0291. The van der Waals surface area contributed by atoms with Crippen LogP contribution in [0.1, 0.15) is 44.6 Å². The Morgan fingerprint density at radius 2 is 1.86 bits per heavy atom. The minimum atomic E-state index is -0.810. The first-order valence-electron chi connectivity index (χ1n) is 7.79. The molecule has 2 rings (SSSR count). The fraction of sp³-hybridized carbons (Fsp3) is 0.529. The van der Waals surface area contributed by atoms with Crippen molar-refractivity contribution in [3.8, 4) is 0 Å². The van der Waals surface area contributed by atoms with Gasteiger partial charge in [-0.15, -0.1) is 0 Å². The van der Waals surface area contributed by atoms with Crippen LogP contribution < -0.4 is 5.32 Å². The number of ether oxygens (including phenoxy) is 1.